The molecule has 1 aromatic carbocycles. The highest BCUT2D eigenvalue weighted by Crippen LogP contribution is 2.37. The van der Waals surface area contributed by atoms with E-state index in [1.54, 1.807) is 0 Å². The Balaban J connectivity index is 1.21. The molecule has 9 heteroatoms. The summed E-state index contributed by atoms with van der Waals surface area (Å²) in [5, 5.41) is 18.6. The summed E-state index contributed by atoms with van der Waals surface area (Å²) in [6.45, 7) is 1.34. The molecule has 4 heterocycles. The highest BCUT2D eigenvalue weighted by molar-refractivity contribution is 7.99. The third-order valence-electron chi connectivity index (χ3n) is 8.60. The van der Waals surface area contributed by atoms with Gasteiger partial charge in [-0.05, 0) is 67.4 Å². The van der Waals surface area contributed by atoms with Gasteiger partial charge in [0.2, 0.25) is 5.91 Å². The third kappa shape index (κ3) is 4.20. The number of amides is 2. The quantitative estimate of drug-likeness (QED) is 0.592. The minimum absolute atomic E-state index is 0.00388. The fraction of sp³-hybridized carbons (Fsp3) is 0.654. The first-order chi connectivity index (χ1) is 17.1. The zero-order valence-electron chi connectivity index (χ0n) is 20.0. The third-order valence-corrected chi connectivity index (χ3v) is 9.65. The van der Waals surface area contributed by atoms with Crippen LogP contribution in [0.25, 0.3) is 0 Å². The predicted molar refractivity (Wildman–Crippen MR) is 135 cm³/mol. The molecule has 1 aliphatic carbocycles. The number of nitriles is 1. The summed E-state index contributed by atoms with van der Waals surface area (Å²) in [6.07, 6.45) is 6.91. The van der Waals surface area contributed by atoms with Crippen molar-refractivity contribution in [3.8, 4) is 6.07 Å². The van der Waals surface area contributed by atoms with E-state index < -0.39 is 0 Å². The summed E-state index contributed by atoms with van der Waals surface area (Å²) < 4.78 is 0. The first-order valence-corrected chi connectivity index (χ1v) is 14.3. The number of hydrogen-bond donors (Lipinski definition) is 3. The second-order valence-electron chi connectivity index (χ2n) is 10.6. The van der Waals surface area contributed by atoms with Crippen LogP contribution in [0.15, 0.2) is 18.2 Å². The SMILES string of the molecule is N#C[C@H]1CCCC[C@@H]1N1NC(Nc2ccc3c(c2)CN(C2CCSCC2)C3=O)C2C(=O)NCCC21. The molecule has 4 fully saturated rings. The number of piperidine rings is 1. The maximum atomic E-state index is 13.1. The molecule has 0 bridgehead atoms. The van der Waals surface area contributed by atoms with Crippen LogP contribution < -0.4 is 16.1 Å². The van der Waals surface area contributed by atoms with Crippen molar-refractivity contribution in [2.45, 2.75) is 75.8 Å². The van der Waals surface area contributed by atoms with Crippen molar-refractivity contribution < 1.29 is 9.59 Å². The first-order valence-electron chi connectivity index (χ1n) is 13.1. The number of anilines is 1. The Labute approximate surface area is 211 Å². The molecule has 1 saturated carbocycles. The second kappa shape index (κ2) is 9.64. The summed E-state index contributed by atoms with van der Waals surface area (Å²) in [6, 6.07) is 9.08. The fourth-order valence-corrected chi connectivity index (χ4v) is 7.88. The van der Waals surface area contributed by atoms with Crippen LogP contribution >= 0.6 is 11.8 Å². The molecule has 0 aromatic heterocycles. The Kier molecular flexibility index (Phi) is 6.37. The molecule has 2 amide bonds. The van der Waals surface area contributed by atoms with E-state index in [1.807, 2.05) is 23.9 Å². The van der Waals surface area contributed by atoms with Crippen molar-refractivity contribution in [2.24, 2.45) is 11.8 Å². The normalized spacial score (nSPS) is 33.7. The standard InChI is InChI=1S/C26H34N6O2S/c27-14-16-3-1-2-4-21(16)32-22-7-10-28-25(33)23(22)24(30-32)29-18-5-6-20-17(13-18)15-31(26(20)34)19-8-11-35-12-9-19/h5-6,13,16,19,21-24,29-30H,1-4,7-12,15H2,(H,28,33)/t16-,21+,22?,23?,24?/m1/s1. The van der Waals surface area contributed by atoms with Gasteiger partial charge < -0.3 is 15.5 Å². The molecular formula is C26H34N6O2S. The highest BCUT2D eigenvalue weighted by Gasteiger charge is 2.51. The zero-order chi connectivity index (χ0) is 23.9. The van der Waals surface area contributed by atoms with Crippen molar-refractivity contribution in [1.29, 1.82) is 5.26 Å². The summed E-state index contributed by atoms with van der Waals surface area (Å²) in [7, 11) is 0. The Morgan fingerprint density at radius 2 is 1.89 bits per heavy atom. The van der Waals surface area contributed by atoms with E-state index >= 15 is 0 Å². The van der Waals surface area contributed by atoms with Gasteiger partial charge >= 0.3 is 0 Å². The molecule has 6 rings (SSSR count). The van der Waals surface area contributed by atoms with Gasteiger partial charge in [-0.15, -0.1) is 0 Å². The minimum atomic E-state index is -0.247. The number of rotatable bonds is 4. The van der Waals surface area contributed by atoms with Gasteiger partial charge in [-0.2, -0.15) is 17.0 Å². The number of hydrazine groups is 1. The Morgan fingerprint density at radius 1 is 1.06 bits per heavy atom. The van der Waals surface area contributed by atoms with Gasteiger partial charge in [0.25, 0.3) is 5.91 Å². The molecule has 3 unspecified atom stereocenters. The van der Waals surface area contributed by atoms with Crippen molar-refractivity contribution >= 4 is 29.3 Å². The summed E-state index contributed by atoms with van der Waals surface area (Å²) in [5.41, 5.74) is 6.41. The van der Waals surface area contributed by atoms with Gasteiger partial charge in [-0.3, -0.25) is 9.59 Å². The molecule has 1 aromatic rings. The molecule has 5 aliphatic rings. The van der Waals surface area contributed by atoms with E-state index in [0.717, 1.165) is 73.3 Å². The lowest BCUT2D eigenvalue weighted by atomic mass is 9.83. The lowest BCUT2D eigenvalue weighted by Gasteiger charge is -2.39. The van der Waals surface area contributed by atoms with Crippen LogP contribution in [0.2, 0.25) is 0 Å². The van der Waals surface area contributed by atoms with Gasteiger partial charge in [0.05, 0.1) is 17.9 Å². The van der Waals surface area contributed by atoms with Crippen molar-refractivity contribution in [1.82, 2.24) is 20.7 Å². The molecule has 5 atom stereocenters. The monoisotopic (exact) mass is 494 g/mol. The Morgan fingerprint density at radius 3 is 2.71 bits per heavy atom. The number of carbonyl (C=O) groups is 2. The molecule has 3 N–H and O–H groups in total. The van der Waals surface area contributed by atoms with Crippen molar-refractivity contribution in [3.63, 3.8) is 0 Å². The number of thioether (sulfide) groups is 1. The molecule has 35 heavy (non-hydrogen) atoms. The van der Waals surface area contributed by atoms with E-state index in [4.69, 9.17) is 0 Å². The predicted octanol–water partition coefficient (Wildman–Crippen LogP) is 2.68. The number of carbonyl (C=O) groups excluding carboxylic acids is 2. The van der Waals surface area contributed by atoms with Crippen LogP contribution in [0.1, 0.15) is 60.9 Å². The average Bonchev–Trinajstić information content (AvgIpc) is 3.42. The number of nitrogens with one attached hydrogen (secondary N) is 3. The Hall–Kier alpha value is -2.28. The molecule has 8 nitrogen and oxygen atoms in total. The van der Waals surface area contributed by atoms with Crippen molar-refractivity contribution in [3.05, 3.63) is 29.3 Å². The topological polar surface area (TPSA) is 100 Å². The van der Waals surface area contributed by atoms with Crippen LogP contribution in [-0.4, -0.2) is 64.1 Å². The van der Waals surface area contributed by atoms with Gasteiger partial charge in [0.1, 0.15) is 6.17 Å². The maximum Gasteiger partial charge on any atom is 0.254 e. The van der Waals surface area contributed by atoms with Gasteiger partial charge in [-0.25, -0.2) is 10.4 Å². The Bertz CT molecular complexity index is 1040. The molecule has 186 valence electrons. The smallest absolute Gasteiger partial charge is 0.254 e. The van der Waals surface area contributed by atoms with Crippen LogP contribution in [0, 0.1) is 23.2 Å². The molecule has 0 radical (unpaired) electrons. The van der Waals surface area contributed by atoms with E-state index in [-0.39, 0.29) is 41.9 Å². The van der Waals surface area contributed by atoms with Crippen molar-refractivity contribution in [2.75, 3.05) is 23.4 Å². The van der Waals surface area contributed by atoms with Gasteiger partial charge in [-0.1, -0.05) is 12.8 Å². The van der Waals surface area contributed by atoms with Gasteiger partial charge in [0, 0.05) is 42.5 Å². The fourth-order valence-electron chi connectivity index (χ4n) is 6.80. The average molecular weight is 495 g/mol. The van der Waals surface area contributed by atoms with E-state index in [9.17, 15) is 14.9 Å². The number of fused-ring (bicyclic) bond motifs is 2. The maximum absolute atomic E-state index is 13.1. The summed E-state index contributed by atoms with van der Waals surface area (Å²) in [4.78, 5) is 28.1. The van der Waals surface area contributed by atoms with Crippen LogP contribution in [0.3, 0.4) is 0 Å². The summed E-state index contributed by atoms with van der Waals surface area (Å²) >= 11 is 1.97. The highest BCUT2D eigenvalue weighted by atomic mass is 32.2. The van der Waals surface area contributed by atoms with Crippen LogP contribution in [0.5, 0.6) is 0 Å². The van der Waals surface area contributed by atoms with Crippen LogP contribution in [-0.2, 0) is 11.3 Å². The molecule has 0 spiro atoms. The molecular weight excluding hydrogens is 460 g/mol. The first kappa shape index (κ1) is 23.1. The lowest BCUT2D eigenvalue weighted by Crippen LogP contribution is -2.54. The summed E-state index contributed by atoms with van der Waals surface area (Å²) in [5.74, 6) is 2.24. The number of nitrogens with zero attached hydrogens (tertiary/aromatic N) is 3. The van der Waals surface area contributed by atoms with E-state index in [1.165, 1.54) is 0 Å². The zero-order valence-corrected chi connectivity index (χ0v) is 20.9. The number of benzene rings is 1. The van der Waals surface area contributed by atoms with Crippen LogP contribution in [0.4, 0.5) is 5.69 Å². The molecule has 3 saturated heterocycles. The van der Waals surface area contributed by atoms with Gasteiger partial charge in [0.15, 0.2) is 0 Å². The largest absolute Gasteiger partial charge is 0.368 e. The lowest BCUT2D eigenvalue weighted by molar-refractivity contribution is -0.128. The van der Waals surface area contributed by atoms with E-state index in [0.29, 0.717) is 19.1 Å². The molecule has 4 aliphatic heterocycles. The van der Waals surface area contributed by atoms with E-state index in [2.05, 4.69) is 38.1 Å². The minimum Gasteiger partial charge on any atom is -0.368 e. The second-order valence-corrected chi connectivity index (χ2v) is 11.8. The number of hydrogen-bond acceptors (Lipinski definition) is 7.